The van der Waals surface area contributed by atoms with E-state index in [1.165, 1.54) is 0 Å². The minimum absolute atomic E-state index is 0.366. The lowest BCUT2D eigenvalue weighted by molar-refractivity contribution is 0.0270. The average molecular weight is 186 g/mol. The van der Waals surface area contributed by atoms with Gasteiger partial charge in [-0.1, -0.05) is 12.2 Å². The second-order valence-corrected chi connectivity index (χ2v) is 3.70. The second kappa shape index (κ2) is 4.87. The van der Waals surface area contributed by atoms with E-state index < -0.39 is 11.7 Å². The molecular weight excluding hydrogens is 168 g/mol. The van der Waals surface area contributed by atoms with E-state index in [1.54, 1.807) is 26.8 Å². The molecule has 13 heavy (non-hydrogen) atoms. The van der Waals surface area contributed by atoms with Crippen LogP contribution in [-0.4, -0.2) is 23.2 Å². The Bertz CT molecular complexity index is 194. The summed E-state index contributed by atoms with van der Waals surface area (Å²) in [7, 11) is 0. The molecule has 76 valence electrons. The minimum Gasteiger partial charge on any atom is -0.443 e. The molecule has 0 fully saturated rings. The van der Waals surface area contributed by atoms with Crippen molar-refractivity contribution in [2.75, 3.05) is 6.54 Å². The third-order valence-corrected chi connectivity index (χ3v) is 1.17. The van der Waals surface area contributed by atoms with Gasteiger partial charge in [0.05, 0.1) is 6.54 Å². The zero-order valence-electron chi connectivity index (χ0n) is 8.70. The van der Waals surface area contributed by atoms with Crippen molar-refractivity contribution in [3.05, 3.63) is 12.2 Å². The first-order valence-electron chi connectivity index (χ1n) is 4.23. The molecule has 0 aliphatic carbocycles. The summed E-state index contributed by atoms with van der Waals surface area (Å²) >= 11 is 0. The van der Waals surface area contributed by atoms with E-state index in [0.29, 0.717) is 6.54 Å². The minimum atomic E-state index is -0.509. The zero-order valence-corrected chi connectivity index (χ0v) is 8.70. The molecular formula is C9H18N2O2. The molecule has 0 aromatic carbocycles. The average Bonchev–Trinajstić information content (AvgIpc) is 1.96. The van der Waals surface area contributed by atoms with Gasteiger partial charge in [0, 0.05) is 0 Å². The fourth-order valence-electron chi connectivity index (χ4n) is 0.614. The highest BCUT2D eigenvalue weighted by atomic mass is 16.6. The molecule has 0 rings (SSSR count). The number of carbonyl (C=O) groups excluding carboxylic acids is 1. The van der Waals surface area contributed by atoms with Gasteiger partial charge in [0.1, 0.15) is 5.60 Å². The zero-order chi connectivity index (χ0) is 10.5. The summed E-state index contributed by atoms with van der Waals surface area (Å²) in [5.74, 6) is 5.42. The van der Waals surface area contributed by atoms with E-state index in [1.807, 2.05) is 13.0 Å². The molecule has 0 saturated heterocycles. The van der Waals surface area contributed by atoms with Crippen molar-refractivity contribution in [1.29, 1.82) is 0 Å². The Morgan fingerprint density at radius 3 is 2.46 bits per heavy atom. The normalized spacial score (nSPS) is 11.8. The fraction of sp³-hybridized carbons (Fsp3) is 0.667. The molecule has 0 aromatic heterocycles. The van der Waals surface area contributed by atoms with E-state index in [9.17, 15) is 4.79 Å². The molecule has 0 aromatic rings. The Kier molecular flexibility index (Phi) is 4.48. The summed E-state index contributed by atoms with van der Waals surface area (Å²) < 4.78 is 5.02. The third kappa shape index (κ3) is 6.16. The molecule has 0 atom stereocenters. The third-order valence-electron chi connectivity index (χ3n) is 1.17. The van der Waals surface area contributed by atoms with Crippen LogP contribution in [0.3, 0.4) is 0 Å². The number of hydrogen-bond donors (Lipinski definition) is 1. The van der Waals surface area contributed by atoms with Crippen molar-refractivity contribution in [2.24, 2.45) is 5.84 Å². The number of nitrogens with two attached hydrogens (primary N) is 1. The maximum Gasteiger partial charge on any atom is 0.424 e. The van der Waals surface area contributed by atoms with Gasteiger partial charge in [-0.15, -0.1) is 0 Å². The van der Waals surface area contributed by atoms with Crippen molar-refractivity contribution in [1.82, 2.24) is 5.01 Å². The number of ether oxygens (including phenoxy) is 1. The smallest absolute Gasteiger partial charge is 0.424 e. The van der Waals surface area contributed by atoms with Gasteiger partial charge in [0.2, 0.25) is 0 Å². The van der Waals surface area contributed by atoms with Crippen LogP contribution in [0.4, 0.5) is 4.79 Å². The van der Waals surface area contributed by atoms with Crippen molar-refractivity contribution in [2.45, 2.75) is 33.3 Å². The van der Waals surface area contributed by atoms with E-state index in [2.05, 4.69) is 0 Å². The van der Waals surface area contributed by atoms with Crippen molar-refractivity contribution < 1.29 is 9.53 Å². The highest BCUT2D eigenvalue weighted by Gasteiger charge is 2.18. The standard InChI is InChI=1S/C9H18N2O2/c1-5-6-7-11(10)8(12)13-9(2,3)4/h5-6H,7,10H2,1-4H3/b6-5+. The van der Waals surface area contributed by atoms with Crippen LogP contribution in [-0.2, 0) is 4.74 Å². The molecule has 0 heterocycles. The number of rotatable bonds is 2. The van der Waals surface area contributed by atoms with Crippen molar-refractivity contribution in [3.8, 4) is 0 Å². The molecule has 2 N–H and O–H groups in total. The molecule has 0 aliphatic heterocycles. The van der Waals surface area contributed by atoms with Crippen molar-refractivity contribution >= 4 is 6.09 Å². The lowest BCUT2D eigenvalue weighted by Gasteiger charge is -2.23. The van der Waals surface area contributed by atoms with Gasteiger partial charge in [-0.2, -0.15) is 0 Å². The van der Waals surface area contributed by atoms with E-state index >= 15 is 0 Å². The summed E-state index contributed by atoms with van der Waals surface area (Å²) in [6.45, 7) is 7.63. The van der Waals surface area contributed by atoms with E-state index in [-0.39, 0.29) is 0 Å². The van der Waals surface area contributed by atoms with E-state index in [0.717, 1.165) is 5.01 Å². The monoisotopic (exact) mass is 186 g/mol. The van der Waals surface area contributed by atoms with Crippen molar-refractivity contribution in [3.63, 3.8) is 0 Å². The van der Waals surface area contributed by atoms with E-state index in [4.69, 9.17) is 10.6 Å². The first-order valence-corrected chi connectivity index (χ1v) is 4.23. The largest absolute Gasteiger partial charge is 0.443 e. The summed E-state index contributed by atoms with van der Waals surface area (Å²) in [5.41, 5.74) is -0.495. The maximum atomic E-state index is 11.2. The molecule has 4 nitrogen and oxygen atoms in total. The lowest BCUT2D eigenvalue weighted by Crippen LogP contribution is -2.41. The number of carbonyl (C=O) groups is 1. The van der Waals surface area contributed by atoms with Crippen LogP contribution in [0.25, 0.3) is 0 Å². The second-order valence-electron chi connectivity index (χ2n) is 3.70. The summed E-state index contributed by atoms with van der Waals surface area (Å²) in [6.07, 6.45) is 3.10. The first kappa shape index (κ1) is 12.0. The molecule has 0 saturated carbocycles. The molecule has 4 heteroatoms. The lowest BCUT2D eigenvalue weighted by atomic mass is 10.2. The number of amides is 1. The van der Waals surface area contributed by atoms with Gasteiger partial charge >= 0.3 is 6.09 Å². The predicted molar refractivity (Wildman–Crippen MR) is 51.9 cm³/mol. The van der Waals surface area contributed by atoms with Gasteiger partial charge in [-0.3, -0.25) is 0 Å². The number of hydrogen-bond acceptors (Lipinski definition) is 3. The highest BCUT2D eigenvalue weighted by Crippen LogP contribution is 2.08. The highest BCUT2D eigenvalue weighted by molar-refractivity contribution is 5.67. The Balaban J connectivity index is 3.97. The van der Waals surface area contributed by atoms with Crippen LogP contribution in [0.5, 0.6) is 0 Å². The number of nitrogens with zero attached hydrogens (tertiary/aromatic N) is 1. The summed E-state index contributed by atoms with van der Waals surface area (Å²) in [5, 5.41) is 1.03. The van der Waals surface area contributed by atoms with Crippen LogP contribution in [0.2, 0.25) is 0 Å². The summed E-state index contributed by atoms with van der Waals surface area (Å²) in [4.78, 5) is 11.2. The molecule has 0 bridgehead atoms. The van der Waals surface area contributed by atoms with Gasteiger partial charge in [-0.25, -0.2) is 15.6 Å². The Morgan fingerprint density at radius 2 is 2.08 bits per heavy atom. The van der Waals surface area contributed by atoms with Crippen LogP contribution >= 0.6 is 0 Å². The van der Waals surface area contributed by atoms with Gasteiger partial charge in [0.25, 0.3) is 0 Å². The number of hydrazine groups is 1. The molecule has 0 aliphatic rings. The van der Waals surface area contributed by atoms with Gasteiger partial charge in [-0.05, 0) is 27.7 Å². The topological polar surface area (TPSA) is 55.6 Å². The van der Waals surface area contributed by atoms with Crippen LogP contribution in [0, 0.1) is 0 Å². The Hall–Kier alpha value is -1.03. The van der Waals surface area contributed by atoms with Crippen LogP contribution in [0.1, 0.15) is 27.7 Å². The Morgan fingerprint density at radius 1 is 1.54 bits per heavy atom. The van der Waals surface area contributed by atoms with Crippen LogP contribution in [0.15, 0.2) is 12.2 Å². The summed E-state index contributed by atoms with van der Waals surface area (Å²) in [6, 6.07) is 0. The molecule has 0 radical (unpaired) electrons. The Labute approximate surface area is 79.3 Å². The fourth-order valence-corrected chi connectivity index (χ4v) is 0.614. The predicted octanol–water partition coefficient (Wildman–Crippen LogP) is 1.67. The maximum absolute atomic E-state index is 11.2. The van der Waals surface area contributed by atoms with Crippen LogP contribution < -0.4 is 5.84 Å². The SMILES string of the molecule is C/C=C/CN(N)C(=O)OC(C)(C)C. The molecule has 0 unspecified atom stereocenters. The van der Waals surface area contributed by atoms with Gasteiger partial charge in [0.15, 0.2) is 0 Å². The first-order chi connectivity index (χ1) is 5.87. The number of allylic oxidation sites excluding steroid dienone is 1. The molecule has 1 amide bonds. The van der Waals surface area contributed by atoms with Gasteiger partial charge < -0.3 is 4.74 Å². The quantitative estimate of drug-likeness (QED) is 0.309. The molecule has 0 spiro atoms.